The highest BCUT2D eigenvalue weighted by Gasteiger charge is 2.18. The van der Waals surface area contributed by atoms with Crippen LogP contribution < -0.4 is 4.74 Å². The summed E-state index contributed by atoms with van der Waals surface area (Å²) in [6.45, 7) is 1.74. The van der Waals surface area contributed by atoms with Crippen LogP contribution in [0.4, 0.5) is 0 Å². The zero-order valence-corrected chi connectivity index (χ0v) is 13.3. The van der Waals surface area contributed by atoms with Crippen molar-refractivity contribution in [1.82, 2.24) is 15.1 Å². The van der Waals surface area contributed by atoms with Crippen LogP contribution in [0.1, 0.15) is 31.6 Å². The second-order valence-corrected chi connectivity index (χ2v) is 5.64. The molecule has 23 heavy (non-hydrogen) atoms. The Morgan fingerprint density at radius 3 is 2.78 bits per heavy atom. The molecule has 0 saturated carbocycles. The third-order valence-corrected chi connectivity index (χ3v) is 4.07. The summed E-state index contributed by atoms with van der Waals surface area (Å²) in [4.78, 5) is 14.1. The van der Waals surface area contributed by atoms with Crippen LogP contribution in [0, 0.1) is 0 Å². The monoisotopic (exact) mass is 315 g/mol. The Labute approximate surface area is 135 Å². The van der Waals surface area contributed by atoms with Crippen LogP contribution >= 0.6 is 0 Å². The van der Waals surface area contributed by atoms with Gasteiger partial charge in [-0.1, -0.05) is 12.1 Å². The molecule has 0 unspecified atom stereocenters. The summed E-state index contributed by atoms with van der Waals surface area (Å²) in [5, 5.41) is 8.11. The molecule has 0 aliphatic carbocycles. The average Bonchev–Trinajstić information content (AvgIpc) is 3.09. The van der Waals surface area contributed by atoms with Crippen LogP contribution in [0.2, 0.25) is 0 Å². The molecule has 3 rings (SSSR count). The number of piperidine rings is 1. The molecule has 1 aromatic heterocycles. The Kier molecular flexibility index (Phi) is 4.90. The number of para-hydroxylation sites is 1. The number of aryl methyl sites for hydroxylation is 1. The summed E-state index contributed by atoms with van der Waals surface area (Å²) in [5.74, 6) is 1.76. The highest BCUT2D eigenvalue weighted by Crippen LogP contribution is 2.28. The molecule has 0 bridgehead atoms. The molecule has 0 spiro atoms. The lowest BCUT2D eigenvalue weighted by molar-refractivity contribution is -0.132. The molecule has 1 saturated heterocycles. The maximum absolute atomic E-state index is 12.2. The third kappa shape index (κ3) is 3.70. The molecule has 1 fully saturated rings. The van der Waals surface area contributed by atoms with Gasteiger partial charge < -0.3 is 14.1 Å². The normalized spacial score (nSPS) is 14.7. The first-order valence-corrected chi connectivity index (χ1v) is 8.01. The number of likely N-dealkylation sites (tertiary alicyclic amines) is 1. The first-order chi connectivity index (χ1) is 11.3. The quantitative estimate of drug-likeness (QED) is 0.848. The zero-order valence-electron chi connectivity index (χ0n) is 13.3. The minimum atomic E-state index is 0.168. The lowest BCUT2D eigenvalue weighted by Gasteiger charge is -2.26. The molecule has 2 heterocycles. The van der Waals surface area contributed by atoms with Crippen LogP contribution in [0.25, 0.3) is 11.5 Å². The molecule has 0 radical (unpaired) electrons. The summed E-state index contributed by atoms with van der Waals surface area (Å²) in [6.07, 6.45) is 4.30. The SMILES string of the molecule is COc1ccccc1-c1nnc(CCC(=O)N2CCCCC2)o1. The molecule has 1 amide bonds. The van der Waals surface area contributed by atoms with Crippen LogP contribution in [-0.2, 0) is 11.2 Å². The van der Waals surface area contributed by atoms with Crippen LogP contribution in [0.5, 0.6) is 5.75 Å². The summed E-state index contributed by atoms with van der Waals surface area (Å²) in [6, 6.07) is 7.49. The number of hydrogen-bond donors (Lipinski definition) is 0. The number of carbonyl (C=O) groups is 1. The largest absolute Gasteiger partial charge is 0.496 e. The number of benzene rings is 1. The molecule has 0 atom stereocenters. The van der Waals surface area contributed by atoms with Gasteiger partial charge in [0.15, 0.2) is 0 Å². The van der Waals surface area contributed by atoms with Crippen molar-refractivity contribution < 1.29 is 13.9 Å². The fourth-order valence-corrected chi connectivity index (χ4v) is 2.80. The zero-order chi connectivity index (χ0) is 16.1. The van der Waals surface area contributed by atoms with E-state index in [4.69, 9.17) is 9.15 Å². The molecule has 1 aliphatic heterocycles. The number of rotatable bonds is 5. The first kappa shape index (κ1) is 15.5. The van der Waals surface area contributed by atoms with Gasteiger partial charge in [0.1, 0.15) is 5.75 Å². The van der Waals surface area contributed by atoms with Crippen LogP contribution in [0.15, 0.2) is 28.7 Å². The van der Waals surface area contributed by atoms with E-state index in [1.165, 1.54) is 6.42 Å². The Hall–Kier alpha value is -2.37. The Morgan fingerprint density at radius 1 is 1.22 bits per heavy atom. The van der Waals surface area contributed by atoms with Crippen molar-refractivity contribution in [1.29, 1.82) is 0 Å². The third-order valence-electron chi connectivity index (χ3n) is 4.07. The summed E-state index contributed by atoms with van der Waals surface area (Å²) < 4.78 is 11.0. The van der Waals surface area contributed by atoms with Gasteiger partial charge in [-0.3, -0.25) is 4.79 Å². The van der Waals surface area contributed by atoms with E-state index in [0.29, 0.717) is 30.4 Å². The van der Waals surface area contributed by atoms with Gasteiger partial charge in [-0.2, -0.15) is 0 Å². The number of amides is 1. The van der Waals surface area contributed by atoms with Gasteiger partial charge in [0.05, 0.1) is 12.7 Å². The van der Waals surface area contributed by atoms with Crippen molar-refractivity contribution in [3.63, 3.8) is 0 Å². The molecule has 1 aromatic carbocycles. The number of carbonyl (C=O) groups excluding carboxylic acids is 1. The van der Waals surface area contributed by atoms with Crippen molar-refractivity contribution in [3.05, 3.63) is 30.2 Å². The number of ether oxygens (including phenoxy) is 1. The lowest BCUT2D eigenvalue weighted by atomic mass is 10.1. The topological polar surface area (TPSA) is 68.5 Å². The Bertz CT molecular complexity index is 663. The van der Waals surface area contributed by atoms with E-state index < -0.39 is 0 Å². The molecular formula is C17H21N3O3. The van der Waals surface area contributed by atoms with Gasteiger partial charge in [-0.05, 0) is 31.4 Å². The highest BCUT2D eigenvalue weighted by atomic mass is 16.5. The number of methoxy groups -OCH3 is 1. The fourth-order valence-electron chi connectivity index (χ4n) is 2.80. The van der Waals surface area contributed by atoms with E-state index in [2.05, 4.69) is 10.2 Å². The molecule has 122 valence electrons. The number of hydrogen-bond acceptors (Lipinski definition) is 5. The van der Waals surface area contributed by atoms with E-state index >= 15 is 0 Å². The average molecular weight is 315 g/mol. The van der Waals surface area contributed by atoms with E-state index in [0.717, 1.165) is 31.5 Å². The Morgan fingerprint density at radius 2 is 2.00 bits per heavy atom. The van der Waals surface area contributed by atoms with E-state index in [1.807, 2.05) is 29.2 Å². The summed E-state index contributed by atoms with van der Waals surface area (Å²) in [7, 11) is 1.60. The minimum Gasteiger partial charge on any atom is -0.496 e. The second kappa shape index (κ2) is 7.26. The molecular weight excluding hydrogens is 294 g/mol. The predicted molar refractivity (Wildman–Crippen MR) is 85.0 cm³/mol. The van der Waals surface area contributed by atoms with Gasteiger partial charge in [0.25, 0.3) is 5.89 Å². The van der Waals surface area contributed by atoms with E-state index in [1.54, 1.807) is 7.11 Å². The van der Waals surface area contributed by atoms with Crippen molar-refractivity contribution in [2.75, 3.05) is 20.2 Å². The van der Waals surface area contributed by atoms with Gasteiger partial charge in [-0.15, -0.1) is 10.2 Å². The fraction of sp³-hybridized carbons (Fsp3) is 0.471. The minimum absolute atomic E-state index is 0.168. The maximum atomic E-state index is 12.2. The lowest BCUT2D eigenvalue weighted by Crippen LogP contribution is -2.35. The van der Waals surface area contributed by atoms with Gasteiger partial charge >= 0.3 is 0 Å². The molecule has 0 N–H and O–H groups in total. The maximum Gasteiger partial charge on any atom is 0.251 e. The molecule has 2 aromatic rings. The van der Waals surface area contributed by atoms with Crippen molar-refractivity contribution >= 4 is 5.91 Å². The van der Waals surface area contributed by atoms with Crippen molar-refractivity contribution in [2.45, 2.75) is 32.1 Å². The van der Waals surface area contributed by atoms with E-state index in [-0.39, 0.29) is 5.91 Å². The number of nitrogens with zero attached hydrogens (tertiary/aromatic N) is 3. The van der Waals surface area contributed by atoms with Gasteiger partial charge in [-0.25, -0.2) is 0 Å². The Balaban J connectivity index is 1.62. The van der Waals surface area contributed by atoms with Crippen molar-refractivity contribution in [2.24, 2.45) is 0 Å². The molecule has 6 nitrogen and oxygen atoms in total. The van der Waals surface area contributed by atoms with Crippen LogP contribution in [0.3, 0.4) is 0 Å². The molecule has 6 heteroatoms. The van der Waals surface area contributed by atoms with Gasteiger partial charge in [0.2, 0.25) is 11.8 Å². The second-order valence-electron chi connectivity index (χ2n) is 5.64. The highest BCUT2D eigenvalue weighted by molar-refractivity contribution is 5.76. The predicted octanol–water partition coefficient (Wildman–Crippen LogP) is 2.69. The first-order valence-electron chi connectivity index (χ1n) is 8.01. The summed E-state index contributed by atoms with van der Waals surface area (Å²) >= 11 is 0. The van der Waals surface area contributed by atoms with Crippen LogP contribution in [-0.4, -0.2) is 41.2 Å². The van der Waals surface area contributed by atoms with Gasteiger partial charge in [0, 0.05) is 25.9 Å². The smallest absolute Gasteiger partial charge is 0.251 e. The standard InChI is InChI=1S/C17H21N3O3/c1-22-14-8-4-3-7-13(14)17-19-18-15(23-17)9-10-16(21)20-11-5-2-6-12-20/h3-4,7-8H,2,5-6,9-12H2,1H3. The molecule has 1 aliphatic rings. The number of aromatic nitrogens is 2. The van der Waals surface area contributed by atoms with Crippen molar-refractivity contribution in [3.8, 4) is 17.2 Å². The van der Waals surface area contributed by atoms with E-state index in [9.17, 15) is 4.79 Å². The summed E-state index contributed by atoms with van der Waals surface area (Å²) in [5.41, 5.74) is 0.760.